The molecule has 0 aliphatic heterocycles. The summed E-state index contributed by atoms with van der Waals surface area (Å²) >= 11 is 5.57. The summed E-state index contributed by atoms with van der Waals surface area (Å²) in [7, 11) is -1.61. The first-order valence-corrected chi connectivity index (χ1v) is 8.18. The van der Waals surface area contributed by atoms with E-state index in [1.807, 2.05) is 0 Å². The third-order valence-corrected chi connectivity index (χ3v) is 4.97. The number of fused-ring (bicyclic) bond motifs is 1. The van der Waals surface area contributed by atoms with E-state index in [0.29, 0.717) is 28.2 Å². The molecule has 7 heteroatoms. The standard InChI is InChI=1S/C13H14ClNO4S/c1-18-13(16)12-8-9-7-10(3-4-11(9)19-12)20(15,17)6-2-5-14/h3-4,7-8,15H,2,5-6H2,1H3. The molecule has 0 aliphatic rings. The van der Waals surface area contributed by atoms with Crippen molar-refractivity contribution >= 4 is 38.3 Å². The Kier molecular flexibility index (Phi) is 4.35. The van der Waals surface area contributed by atoms with Crippen molar-refractivity contribution in [2.45, 2.75) is 11.3 Å². The van der Waals surface area contributed by atoms with Crippen LogP contribution in [-0.2, 0) is 14.5 Å². The minimum atomic E-state index is -2.87. The Hall–Kier alpha value is -1.53. The Bertz CT molecular complexity index is 736. The van der Waals surface area contributed by atoms with Crippen LogP contribution in [0.1, 0.15) is 17.0 Å². The fraction of sp³-hybridized carbons (Fsp3) is 0.308. The van der Waals surface area contributed by atoms with Gasteiger partial charge in [0, 0.05) is 21.9 Å². The molecule has 1 N–H and O–H groups in total. The number of carbonyl (C=O) groups is 1. The van der Waals surface area contributed by atoms with Crippen LogP contribution in [0.3, 0.4) is 0 Å². The van der Waals surface area contributed by atoms with E-state index in [1.165, 1.54) is 13.2 Å². The zero-order chi connectivity index (χ0) is 14.8. The molecule has 0 saturated heterocycles. The molecule has 1 heterocycles. The van der Waals surface area contributed by atoms with Gasteiger partial charge in [0.1, 0.15) is 5.58 Å². The lowest BCUT2D eigenvalue weighted by Crippen LogP contribution is -2.05. The maximum absolute atomic E-state index is 12.3. The number of rotatable bonds is 5. The van der Waals surface area contributed by atoms with Crippen molar-refractivity contribution < 1.29 is 18.2 Å². The summed E-state index contributed by atoms with van der Waals surface area (Å²) in [5.74, 6) is 0.0911. The van der Waals surface area contributed by atoms with Crippen LogP contribution in [-0.4, -0.2) is 28.9 Å². The minimum Gasteiger partial charge on any atom is -0.463 e. The molecule has 1 atom stereocenters. The van der Waals surface area contributed by atoms with Crippen molar-refractivity contribution in [2.75, 3.05) is 18.7 Å². The van der Waals surface area contributed by atoms with Gasteiger partial charge in [0.15, 0.2) is 0 Å². The second-order valence-electron chi connectivity index (χ2n) is 4.22. The van der Waals surface area contributed by atoms with Crippen LogP contribution in [0.25, 0.3) is 11.0 Å². The first kappa shape index (κ1) is 14.9. The number of benzene rings is 1. The molecule has 2 aromatic rings. The maximum atomic E-state index is 12.3. The highest BCUT2D eigenvalue weighted by Gasteiger charge is 2.15. The van der Waals surface area contributed by atoms with Crippen molar-refractivity contribution in [1.29, 1.82) is 4.78 Å². The number of alkyl halides is 1. The molecule has 0 saturated carbocycles. The first-order valence-electron chi connectivity index (χ1n) is 5.92. The average Bonchev–Trinajstić information content (AvgIpc) is 2.87. The summed E-state index contributed by atoms with van der Waals surface area (Å²) in [6.45, 7) is 0. The number of esters is 1. The van der Waals surface area contributed by atoms with E-state index in [2.05, 4.69) is 4.74 Å². The number of nitrogens with one attached hydrogen (secondary N) is 1. The van der Waals surface area contributed by atoms with Gasteiger partial charge in [0.2, 0.25) is 5.76 Å². The van der Waals surface area contributed by atoms with Gasteiger partial charge in [0.05, 0.1) is 16.8 Å². The predicted octanol–water partition coefficient (Wildman–Crippen LogP) is 3.25. The lowest BCUT2D eigenvalue weighted by atomic mass is 10.2. The highest BCUT2D eigenvalue weighted by molar-refractivity contribution is 7.92. The molecule has 0 radical (unpaired) electrons. The predicted molar refractivity (Wildman–Crippen MR) is 76.9 cm³/mol. The van der Waals surface area contributed by atoms with Crippen LogP contribution in [0, 0.1) is 4.78 Å². The molecule has 1 aromatic carbocycles. The Morgan fingerprint density at radius 3 is 2.85 bits per heavy atom. The minimum absolute atomic E-state index is 0.0805. The van der Waals surface area contributed by atoms with Gasteiger partial charge in [-0.2, -0.15) is 0 Å². The molecule has 1 aromatic heterocycles. The number of halogens is 1. The Morgan fingerprint density at radius 2 is 2.20 bits per heavy atom. The molecule has 0 spiro atoms. The number of hydrogen-bond donors (Lipinski definition) is 1. The monoisotopic (exact) mass is 315 g/mol. The van der Waals surface area contributed by atoms with E-state index >= 15 is 0 Å². The van der Waals surface area contributed by atoms with E-state index < -0.39 is 15.7 Å². The van der Waals surface area contributed by atoms with Crippen molar-refractivity contribution in [3.63, 3.8) is 0 Å². The van der Waals surface area contributed by atoms with Crippen molar-refractivity contribution in [3.05, 3.63) is 30.0 Å². The zero-order valence-corrected chi connectivity index (χ0v) is 12.4. The molecule has 108 valence electrons. The lowest BCUT2D eigenvalue weighted by Gasteiger charge is -2.06. The molecule has 2 rings (SSSR count). The third kappa shape index (κ3) is 2.96. The quantitative estimate of drug-likeness (QED) is 0.678. The summed E-state index contributed by atoms with van der Waals surface area (Å²) < 4.78 is 30.1. The number of ether oxygens (including phenoxy) is 1. The lowest BCUT2D eigenvalue weighted by molar-refractivity contribution is 0.0567. The first-order chi connectivity index (χ1) is 9.47. The van der Waals surface area contributed by atoms with Gasteiger partial charge < -0.3 is 9.15 Å². The molecular formula is C13H14ClNO4S. The highest BCUT2D eigenvalue weighted by atomic mass is 35.5. The van der Waals surface area contributed by atoms with Crippen LogP contribution in [0.5, 0.6) is 0 Å². The molecule has 20 heavy (non-hydrogen) atoms. The van der Waals surface area contributed by atoms with Gasteiger partial charge in [-0.25, -0.2) is 13.8 Å². The van der Waals surface area contributed by atoms with Crippen LogP contribution in [0.4, 0.5) is 0 Å². The number of methoxy groups -OCH3 is 1. The summed E-state index contributed by atoms with van der Waals surface area (Å²) in [5.41, 5.74) is 0.488. The number of hydrogen-bond acceptors (Lipinski definition) is 5. The molecule has 0 amide bonds. The molecule has 0 fully saturated rings. The fourth-order valence-electron chi connectivity index (χ4n) is 1.80. The van der Waals surface area contributed by atoms with Gasteiger partial charge in [-0.15, -0.1) is 11.6 Å². The molecular weight excluding hydrogens is 302 g/mol. The Labute approximate surface area is 121 Å². The third-order valence-electron chi connectivity index (χ3n) is 2.82. The van der Waals surface area contributed by atoms with Crippen molar-refractivity contribution in [2.24, 2.45) is 0 Å². The summed E-state index contributed by atoms with van der Waals surface area (Å²) in [6, 6.07) is 6.30. The SMILES string of the molecule is COC(=O)c1cc2cc(S(=N)(=O)CCCCl)ccc2o1. The summed E-state index contributed by atoms with van der Waals surface area (Å²) in [6.07, 6.45) is 0.515. The van der Waals surface area contributed by atoms with Crippen molar-refractivity contribution in [1.82, 2.24) is 0 Å². The normalized spacial score (nSPS) is 14.1. The summed E-state index contributed by atoms with van der Waals surface area (Å²) in [4.78, 5) is 11.8. The maximum Gasteiger partial charge on any atom is 0.373 e. The van der Waals surface area contributed by atoms with Gasteiger partial charge in [-0.1, -0.05) is 0 Å². The van der Waals surface area contributed by atoms with Gasteiger partial charge in [0.25, 0.3) is 0 Å². The molecule has 0 bridgehead atoms. The summed E-state index contributed by atoms with van der Waals surface area (Å²) in [5, 5.41) is 0.619. The van der Waals surface area contributed by atoms with Crippen LogP contribution in [0.15, 0.2) is 33.6 Å². The Balaban J connectivity index is 2.41. The largest absolute Gasteiger partial charge is 0.463 e. The second-order valence-corrected chi connectivity index (χ2v) is 6.83. The van der Waals surface area contributed by atoms with Crippen LogP contribution < -0.4 is 0 Å². The zero-order valence-electron chi connectivity index (χ0n) is 10.8. The fourth-order valence-corrected chi connectivity index (χ4v) is 3.49. The number of furan rings is 1. The molecule has 0 aliphatic carbocycles. The van der Waals surface area contributed by atoms with Gasteiger partial charge in [-0.05, 0) is 30.7 Å². The Morgan fingerprint density at radius 1 is 1.45 bits per heavy atom. The van der Waals surface area contributed by atoms with E-state index in [0.717, 1.165) is 0 Å². The number of carbonyl (C=O) groups excluding carboxylic acids is 1. The second kappa shape index (κ2) is 5.85. The molecule has 5 nitrogen and oxygen atoms in total. The van der Waals surface area contributed by atoms with Crippen LogP contribution in [0.2, 0.25) is 0 Å². The van der Waals surface area contributed by atoms with Gasteiger partial charge >= 0.3 is 5.97 Å². The smallest absolute Gasteiger partial charge is 0.373 e. The van der Waals surface area contributed by atoms with E-state index in [9.17, 15) is 9.00 Å². The van der Waals surface area contributed by atoms with E-state index in [4.69, 9.17) is 20.8 Å². The van der Waals surface area contributed by atoms with Crippen LogP contribution >= 0.6 is 11.6 Å². The van der Waals surface area contributed by atoms with Gasteiger partial charge in [-0.3, -0.25) is 0 Å². The molecule has 1 unspecified atom stereocenters. The van der Waals surface area contributed by atoms with Crippen molar-refractivity contribution in [3.8, 4) is 0 Å². The average molecular weight is 316 g/mol. The van der Waals surface area contributed by atoms with E-state index in [1.54, 1.807) is 18.2 Å². The van der Waals surface area contributed by atoms with E-state index in [-0.39, 0.29) is 11.5 Å². The highest BCUT2D eigenvalue weighted by Crippen LogP contribution is 2.24. The topological polar surface area (TPSA) is 80.4 Å².